The molecular weight excluding hydrogens is 248 g/mol. The highest BCUT2D eigenvalue weighted by atomic mass is 16.3. The van der Waals surface area contributed by atoms with E-state index in [1.165, 1.54) is 5.56 Å². The van der Waals surface area contributed by atoms with Crippen LogP contribution in [-0.2, 0) is 0 Å². The Morgan fingerprint density at radius 1 is 1.05 bits per heavy atom. The number of aromatic nitrogens is 1. The van der Waals surface area contributed by atoms with Crippen molar-refractivity contribution >= 4 is 22.4 Å². The smallest absolute Gasteiger partial charge is 0.243 e. The van der Waals surface area contributed by atoms with Crippen molar-refractivity contribution in [3.63, 3.8) is 0 Å². The minimum atomic E-state index is 0.476. The van der Waals surface area contributed by atoms with Gasteiger partial charge in [-0.25, -0.2) is 4.98 Å². The highest BCUT2D eigenvalue weighted by Gasteiger charge is 2.11. The fourth-order valence-corrected chi connectivity index (χ4v) is 2.11. The van der Waals surface area contributed by atoms with Crippen LogP contribution in [0, 0.1) is 6.92 Å². The number of nitrogens with zero attached hydrogens (tertiary/aromatic N) is 1. The second-order valence-corrected chi connectivity index (χ2v) is 4.89. The molecule has 3 nitrogen and oxygen atoms in total. The highest BCUT2D eigenvalue weighted by Crippen LogP contribution is 2.24. The summed E-state index contributed by atoms with van der Waals surface area (Å²) in [5.41, 5.74) is 11.6. The van der Waals surface area contributed by atoms with Crippen molar-refractivity contribution < 1.29 is 4.42 Å². The van der Waals surface area contributed by atoms with Gasteiger partial charge in [-0.15, -0.1) is 0 Å². The molecule has 0 aliphatic carbocycles. The minimum Gasteiger partial charge on any atom is -0.435 e. The molecule has 0 radical (unpaired) electrons. The van der Waals surface area contributed by atoms with E-state index in [9.17, 15) is 0 Å². The van der Waals surface area contributed by atoms with Crippen LogP contribution in [0.5, 0.6) is 0 Å². The van der Waals surface area contributed by atoms with Gasteiger partial charge in [-0.3, -0.25) is 0 Å². The van der Waals surface area contributed by atoms with E-state index in [1.807, 2.05) is 31.2 Å². The first-order valence-electron chi connectivity index (χ1n) is 6.54. The molecule has 0 spiro atoms. The molecule has 0 aliphatic rings. The molecule has 0 atom stereocenters. The molecule has 0 bridgehead atoms. The minimum absolute atomic E-state index is 0.476. The molecule has 20 heavy (non-hydrogen) atoms. The first-order valence-corrected chi connectivity index (χ1v) is 6.54. The van der Waals surface area contributed by atoms with E-state index in [0.29, 0.717) is 11.6 Å². The first kappa shape index (κ1) is 12.5. The predicted molar refractivity (Wildman–Crippen MR) is 81.9 cm³/mol. The van der Waals surface area contributed by atoms with E-state index in [1.54, 1.807) is 0 Å². The molecule has 0 aliphatic heterocycles. The molecule has 0 fully saturated rings. The van der Waals surface area contributed by atoms with Crippen LogP contribution in [0.15, 0.2) is 52.9 Å². The Bertz CT molecular complexity index is 749. The summed E-state index contributed by atoms with van der Waals surface area (Å²) in [6.07, 6.45) is 0. The van der Waals surface area contributed by atoms with Gasteiger partial charge in [-0.2, -0.15) is 0 Å². The van der Waals surface area contributed by atoms with Gasteiger partial charge in [0.1, 0.15) is 5.52 Å². The Morgan fingerprint density at radius 3 is 2.45 bits per heavy atom. The monoisotopic (exact) mass is 264 g/mol. The number of fused-ring (bicyclic) bond motifs is 1. The van der Waals surface area contributed by atoms with Gasteiger partial charge in [0.05, 0.1) is 5.70 Å². The summed E-state index contributed by atoms with van der Waals surface area (Å²) in [5, 5.41) is 0. The third-order valence-corrected chi connectivity index (χ3v) is 3.41. The second kappa shape index (κ2) is 4.85. The number of nitrogens with two attached hydrogens (primary N) is 1. The van der Waals surface area contributed by atoms with E-state index in [2.05, 4.69) is 36.2 Å². The topological polar surface area (TPSA) is 52.0 Å². The Labute approximate surface area is 117 Å². The molecule has 3 heteroatoms. The maximum absolute atomic E-state index is 6.20. The number of aryl methyl sites for hydroxylation is 1. The van der Waals surface area contributed by atoms with E-state index in [0.717, 1.165) is 22.2 Å². The van der Waals surface area contributed by atoms with Crippen LogP contribution in [0.3, 0.4) is 0 Å². The first-order chi connectivity index (χ1) is 9.65. The lowest BCUT2D eigenvalue weighted by atomic mass is 10.0. The quantitative estimate of drug-likeness (QED) is 0.761. The maximum atomic E-state index is 6.20. The van der Waals surface area contributed by atoms with Crippen LogP contribution >= 0.6 is 0 Å². The predicted octanol–water partition coefficient (Wildman–Crippen LogP) is 3.98. The van der Waals surface area contributed by atoms with E-state index in [4.69, 9.17) is 10.2 Å². The SMILES string of the molecule is CC(=C(N)c1nc2ccccc2o1)c1ccc(C)cc1. The number of oxazole rings is 1. The van der Waals surface area contributed by atoms with Crippen molar-refractivity contribution in [3.8, 4) is 0 Å². The Hall–Kier alpha value is -2.55. The summed E-state index contributed by atoms with van der Waals surface area (Å²) >= 11 is 0. The number of para-hydroxylation sites is 2. The van der Waals surface area contributed by atoms with Gasteiger partial charge in [-0.1, -0.05) is 42.0 Å². The number of benzene rings is 2. The van der Waals surface area contributed by atoms with Gasteiger partial charge in [-0.05, 0) is 37.1 Å². The van der Waals surface area contributed by atoms with Gasteiger partial charge in [0, 0.05) is 0 Å². The maximum Gasteiger partial charge on any atom is 0.243 e. The van der Waals surface area contributed by atoms with Crippen molar-refractivity contribution in [1.29, 1.82) is 0 Å². The van der Waals surface area contributed by atoms with E-state index >= 15 is 0 Å². The summed E-state index contributed by atoms with van der Waals surface area (Å²) in [6.45, 7) is 4.04. The van der Waals surface area contributed by atoms with Crippen molar-refractivity contribution in [1.82, 2.24) is 4.98 Å². The van der Waals surface area contributed by atoms with Crippen LogP contribution in [0.4, 0.5) is 0 Å². The molecule has 100 valence electrons. The molecule has 1 heterocycles. The average Bonchev–Trinajstić information content (AvgIpc) is 2.90. The van der Waals surface area contributed by atoms with Crippen LogP contribution in [0.1, 0.15) is 23.9 Å². The zero-order chi connectivity index (χ0) is 14.1. The molecular formula is C17H16N2O. The standard InChI is InChI=1S/C17H16N2O/c1-11-7-9-13(10-8-11)12(2)16(18)17-19-14-5-3-4-6-15(14)20-17/h3-10H,18H2,1-2H3. The van der Waals surface area contributed by atoms with Crippen LogP contribution in [0.2, 0.25) is 0 Å². The van der Waals surface area contributed by atoms with Crippen molar-refractivity contribution in [3.05, 3.63) is 65.5 Å². The lowest BCUT2D eigenvalue weighted by molar-refractivity contribution is 0.583. The Kier molecular flexibility index (Phi) is 3.03. The average molecular weight is 264 g/mol. The normalized spacial score (nSPS) is 12.5. The Morgan fingerprint density at radius 2 is 1.75 bits per heavy atom. The molecule has 0 unspecified atom stereocenters. The third kappa shape index (κ3) is 2.18. The Balaban J connectivity index is 2.07. The van der Waals surface area contributed by atoms with Gasteiger partial charge < -0.3 is 10.2 Å². The molecule has 2 N–H and O–H groups in total. The summed E-state index contributed by atoms with van der Waals surface area (Å²) in [5.74, 6) is 0.476. The van der Waals surface area contributed by atoms with Crippen LogP contribution in [0.25, 0.3) is 22.4 Å². The number of hydrogen-bond donors (Lipinski definition) is 1. The van der Waals surface area contributed by atoms with Gasteiger partial charge in [0.25, 0.3) is 0 Å². The molecule has 0 amide bonds. The van der Waals surface area contributed by atoms with Crippen LogP contribution in [-0.4, -0.2) is 4.98 Å². The lowest BCUT2D eigenvalue weighted by Crippen LogP contribution is -2.00. The number of hydrogen-bond acceptors (Lipinski definition) is 3. The third-order valence-electron chi connectivity index (χ3n) is 3.41. The zero-order valence-electron chi connectivity index (χ0n) is 11.6. The summed E-state index contributed by atoms with van der Waals surface area (Å²) in [4.78, 5) is 4.43. The van der Waals surface area contributed by atoms with Crippen LogP contribution < -0.4 is 5.73 Å². The summed E-state index contributed by atoms with van der Waals surface area (Å²) in [6, 6.07) is 15.9. The fraction of sp³-hybridized carbons (Fsp3) is 0.118. The molecule has 3 rings (SSSR count). The highest BCUT2D eigenvalue weighted by molar-refractivity contribution is 5.87. The molecule has 0 saturated carbocycles. The van der Waals surface area contributed by atoms with Gasteiger partial charge in [0.15, 0.2) is 5.58 Å². The fourth-order valence-electron chi connectivity index (χ4n) is 2.11. The molecule has 1 aromatic heterocycles. The second-order valence-electron chi connectivity index (χ2n) is 4.89. The number of rotatable bonds is 2. The molecule has 2 aromatic carbocycles. The van der Waals surface area contributed by atoms with Crippen molar-refractivity contribution in [2.45, 2.75) is 13.8 Å². The summed E-state index contributed by atoms with van der Waals surface area (Å²) < 4.78 is 5.70. The molecule has 0 saturated heterocycles. The van der Waals surface area contributed by atoms with Gasteiger partial charge in [0.2, 0.25) is 5.89 Å². The van der Waals surface area contributed by atoms with Crippen molar-refractivity contribution in [2.24, 2.45) is 5.73 Å². The van der Waals surface area contributed by atoms with Crippen molar-refractivity contribution in [2.75, 3.05) is 0 Å². The number of allylic oxidation sites excluding steroid dienone is 1. The van der Waals surface area contributed by atoms with Gasteiger partial charge >= 0.3 is 0 Å². The largest absolute Gasteiger partial charge is 0.435 e. The van der Waals surface area contributed by atoms with E-state index in [-0.39, 0.29) is 0 Å². The lowest BCUT2D eigenvalue weighted by Gasteiger charge is -2.05. The summed E-state index contributed by atoms with van der Waals surface area (Å²) in [7, 11) is 0. The molecule has 3 aromatic rings. The zero-order valence-corrected chi connectivity index (χ0v) is 11.6. The van der Waals surface area contributed by atoms with E-state index < -0.39 is 0 Å².